The molecule has 1 heterocycles. The Morgan fingerprint density at radius 1 is 1.19 bits per heavy atom. The van der Waals surface area contributed by atoms with Gasteiger partial charge < -0.3 is 20.5 Å². The molecule has 0 aliphatic heterocycles. The fraction of sp³-hybridized carbons (Fsp3) is 0.421. The zero-order valence-electron chi connectivity index (χ0n) is 15.7. The maximum Gasteiger partial charge on any atom is 0.191 e. The Labute approximate surface area is 187 Å². The molecule has 1 aromatic heterocycles. The predicted molar refractivity (Wildman–Crippen MR) is 125 cm³/mol. The Morgan fingerprint density at radius 2 is 1.89 bits per heavy atom. The second-order valence-corrected chi connectivity index (χ2v) is 7.79. The first-order valence-electron chi connectivity index (χ1n) is 8.69. The maximum absolute atomic E-state index is 10.2. The Balaban J connectivity index is 0.00000364. The minimum absolute atomic E-state index is 0. The number of thiophene rings is 1. The summed E-state index contributed by atoms with van der Waals surface area (Å²) in [5, 5.41) is 16.6. The summed E-state index contributed by atoms with van der Waals surface area (Å²) in [6, 6.07) is 11.5. The van der Waals surface area contributed by atoms with Gasteiger partial charge in [-0.05, 0) is 50.6 Å². The van der Waals surface area contributed by atoms with Crippen molar-refractivity contribution >= 4 is 52.9 Å². The fourth-order valence-electron chi connectivity index (χ4n) is 2.26. The van der Waals surface area contributed by atoms with Crippen LogP contribution in [0.1, 0.15) is 37.3 Å². The summed E-state index contributed by atoms with van der Waals surface area (Å²) >= 11 is 7.30. The molecule has 150 valence electrons. The highest BCUT2D eigenvalue weighted by molar-refractivity contribution is 14.0. The van der Waals surface area contributed by atoms with Crippen LogP contribution in [0.25, 0.3) is 0 Å². The van der Waals surface area contributed by atoms with Crippen LogP contribution in [0.5, 0.6) is 5.75 Å². The summed E-state index contributed by atoms with van der Waals surface area (Å²) in [6.45, 7) is 7.66. The Bertz CT molecular complexity index is 707. The van der Waals surface area contributed by atoms with E-state index in [2.05, 4.69) is 15.6 Å². The van der Waals surface area contributed by atoms with Crippen molar-refractivity contribution in [3.05, 3.63) is 51.2 Å². The Morgan fingerprint density at radius 3 is 2.44 bits per heavy atom. The van der Waals surface area contributed by atoms with Crippen LogP contribution < -0.4 is 15.4 Å². The molecule has 0 radical (unpaired) electrons. The van der Waals surface area contributed by atoms with Crippen LogP contribution in [-0.4, -0.2) is 30.3 Å². The zero-order valence-corrected chi connectivity index (χ0v) is 19.6. The van der Waals surface area contributed by atoms with Crippen molar-refractivity contribution in [1.82, 2.24) is 10.6 Å². The minimum Gasteiger partial charge on any atom is -0.491 e. The lowest BCUT2D eigenvalue weighted by molar-refractivity contribution is 0.184. The van der Waals surface area contributed by atoms with E-state index in [4.69, 9.17) is 16.3 Å². The average Bonchev–Trinajstić information content (AvgIpc) is 3.04. The molecule has 0 spiro atoms. The standard InChI is InChI=1S/C19H26ClN3O2S.HI/c1-4-21-19(23-12-16(24)17-9-10-18(20)26-17)22-11-14-5-7-15(8-6-14)25-13(2)3;/h5-10,13,16,24H,4,11-12H2,1-3H3,(H2,21,22,23);1H. The fourth-order valence-corrected chi connectivity index (χ4v) is 3.31. The molecule has 1 aromatic carbocycles. The van der Waals surface area contributed by atoms with E-state index in [1.165, 1.54) is 11.3 Å². The van der Waals surface area contributed by atoms with E-state index in [9.17, 15) is 5.11 Å². The van der Waals surface area contributed by atoms with Crippen molar-refractivity contribution in [2.45, 2.75) is 39.5 Å². The number of guanidine groups is 1. The molecule has 5 nitrogen and oxygen atoms in total. The highest BCUT2D eigenvalue weighted by atomic mass is 127. The van der Waals surface area contributed by atoms with Gasteiger partial charge in [-0.15, -0.1) is 35.3 Å². The van der Waals surface area contributed by atoms with E-state index in [1.54, 1.807) is 6.07 Å². The highest BCUT2D eigenvalue weighted by Gasteiger charge is 2.11. The zero-order chi connectivity index (χ0) is 18.9. The number of hydrogen-bond acceptors (Lipinski definition) is 4. The van der Waals surface area contributed by atoms with Gasteiger partial charge in [0, 0.05) is 18.0 Å². The largest absolute Gasteiger partial charge is 0.491 e. The molecule has 27 heavy (non-hydrogen) atoms. The van der Waals surface area contributed by atoms with E-state index in [1.807, 2.05) is 51.1 Å². The van der Waals surface area contributed by atoms with Gasteiger partial charge in [0.2, 0.25) is 0 Å². The van der Waals surface area contributed by atoms with Gasteiger partial charge >= 0.3 is 0 Å². The van der Waals surface area contributed by atoms with Crippen LogP contribution in [0.4, 0.5) is 0 Å². The topological polar surface area (TPSA) is 65.9 Å². The summed E-state index contributed by atoms with van der Waals surface area (Å²) in [4.78, 5) is 5.40. The number of aliphatic hydroxyl groups excluding tert-OH is 1. The molecule has 1 unspecified atom stereocenters. The molecule has 0 amide bonds. The van der Waals surface area contributed by atoms with E-state index >= 15 is 0 Å². The summed E-state index contributed by atoms with van der Waals surface area (Å²) < 4.78 is 6.32. The van der Waals surface area contributed by atoms with Crippen LogP contribution in [0.15, 0.2) is 41.4 Å². The number of halogens is 2. The first kappa shape index (κ1) is 24.0. The molecular formula is C19H27ClIN3O2S. The van der Waals surface area contributed by atoms with Gasteiger partial charge in [-0.1, -0.05) is 23.7 Å². The molecule has 0 aliphatic carbocycles. The van der Waals surface area contributed by atoms with Crippen LogP contribution in [-0.2, 0) is 6.54 Å². The molecule has 0 bridgehead atoms. The van der Waals surface area contributed by atoms with Gasteiger partial charge in [0.05, 0.1) is 17.0 Å². The van der Waals surface area contributed by atoms with Gasteiger partial charge in [-0.3, -0.25) is 0 Å². The monoisotopic (exact) mass is 523 g/mol. The van der Waals surface area contributed by atoms with Gasteiger partial charge in [0.15, 0.2) is 5.96 Å². The molecule has 1 atom stereocenters. The third-order valence-corrected chi connectivity index (χ3v) is 4.78. The first-order chi connectivity index (χ1) is 12.5. The molecule has 8 heteroatoms. The molecular weight excluding hydrogens is 497 g/mol. The van der Waals surface area contributed by atoms with Crippen molar-refractivity contribution in [1.29, 1.82) is 0 Å². The Hall–Kier alpha value is -1.03. The van der Waals surface area contributed by atoms with Crippen molar-refractivity contribution < 1.29 is 9.84 Å². The number of ether oxygens (including phenoxy) is 1. The van der Waals surface area contributed by atoms with Crippen molar-refractivity contribution in [2.75, 3.05) is 13.1 Å². The summed E-state index contributed by atoms with van der Waals surface area (Å²) in [6.07, 6.45) is -0.461. The average molecular weight is 524 g/mol. The number of benzene rings is 1. The number of hydrogen-bond donors (Lipinski definition) is 3. The van der Waals surface area contributed by atoms with Crippen LogP contribution in [0, 0.1) is 0 Å². The van der Waals surface area contributed by atoms with Crippen molar-refractivity contribution in [3.8, 4) is 5.75 Å². The van der Waals surface area contributed by atoms with Crippen LogP contribution >= 0.6 is 46.9 Å². The SMILES string of the molecule is CCNC(=NCc1ccc(OC(C)C)cc1)NCC(O)c1ccc(Cl)s1.I. The van der Waals surface area contributed by atoms with Gasteiger partial charge in [0.1, 0.15) is 11.9 Å². The smallest absolute Gasteiger partial charge is 0.191 e. The van der Waals surface area contributed by atoms with Crippen molar-refractivity contribution in [2.24, 2.45) is 4.99 Å². The van der Waals surface area contributed by atoms with Gasteiger partial charge in [-0.2, -0.15) is 0 Å². The molecule has 0 saturated carbocycles. The molecule has 3 N–H and O–H groups in total. The minimum atomic E-state index is -0.621. The normalized spacial score (nSPS) is 12.4. The molecule has 2 rings (SSSR count). The third kappa shape index (κ3) is 8.68. The third-order valence-electron chi connectivity index (χ3n) is 3.44. The Kier molecular flexibility index (Phi) is 11.1. The van der Waals surface area contributed by atoms with Gasteiger partial charge in [0.25, 0.3) is 0 Å². The lowest BCUT2D eigenvalue weighted by Crippen LogP contribution is -2.39. The summed E-state index contributed by atoms with van der Waals surface area (Å²) in [5.74, 6) is 1.52. The number of rotatable bonds is 8. The second-order valence-electron chi connectivity index (χ2n) is 6.04. The first-order valence-corrected chi connectivity index (χ1v) is 9.88. The molecule has 0 fully saturated rings. The molecule has 2 aromatic rings. The van der Waals surface area contributed by atoms with E-state index in [-0.39, 0.29) is 30.1 Å². The number of nitrogens with zero attached hydrogens (tertiary/aromatic N) is 1. The second kappa shape index (κ2) is 12.4. The van der Waals surface area contributed by atoms with Crippen LogP contribution in [0.3, 0.4) is 0 Å². The van der Waals surface area contributed by atoms with E-state index in [0.717, 1.165) is 22.7 Å². The quantitative estimate of drug-likeness (QED) is 0.269. The summed E-state index contributed by atoms with van der Waals surface area (Å²) in [7, 11) is 0. The number of aliphatic imine (C=N–C) groups is 1. The van der Waals surface area contributed by atoms with Crippen molar-refractivity contribution in [3.63, 3.8) is 0 Å². The molecule has 0 aliphatic rings. The molecule has 0 saturated heterocycles. The van der Waals surface area contributed by atoms with Gasteiger partial charge in [-0.25, -0.2) is 4.99 Å². The number of aliphatic hydroxyl groups is 1. The maximum atomic E-state index is 10.2. The predicted octanol–water partition coefficient (Wildman–Crippen LogP) is 4.60. The number of nitrogens with one attached hydrogen (secondary N) is 2. The lowest BCUT2D eigenvalue weighted by Gasteiger charge is -2.14. The van der Waals surface area contributed by atoms with Crippen LogP contribution in [0.2, 0.25) is 4.34 Å². The summed E-state index contributed by atoms with van der Waals surface area (Å²) in [5.41, 5.74) is 1.09. The van der Waals surface area contributed by atoms with E-state index < -0.39 is 6.10 Å². The highest BCUT2D eigenvalue weighted by Crippen LogP contribution is 2.26. The lowest BCUT2D eigenvalue weighted by atomic mass is 10.2. The van der Waals surface area contributed by atoms with E-state index in [0.29, 0.717) is 23.4 Å².